The second-order valence-corrected chi connectivity index (χ2v) is 1.98. The van der Waals surface area contributed by atoms with Gasteiger partial charge in [-0.3, -0.25) is 0 Å². The molecule has 2 N–H and O–H groups in total. The normalized spacial score (nSPS) is 8.75. The summed E-state index contributed by atoms with van der Waals surface area (Å²) in [6.45, 7) is 4.16. The number of halogens is 2. The lowest BCUT2D eigenvalue weighted by molar-refractivity contribution is 0.580. The second kappa shape index (κ2) is 5.66. The van der Waals surface area contributed by atoms with E-state index in [0.29, 0.717) is 5.56 Å². The lowest BCUT2D eigenvalue weighted by Gasteiger charge is -1.95. The molecule has 0 saturated heterocycles. The Morgan fingerprint density at radius 3 is 1.92 bits per heavy atom. The lowest BCUT2D eigenvalue weighted by Crippen LogP contribution is -1.97. The van der Waals surface area contributed by atoms with E-state index in [1.807, 2.05) is 13.8 Å². The topological polar surface area (TPSA) is 26.0 Å². The van der Waals surface area contributed by atoms with Crippen molar-refractivity contribution in [3.8, 4) is 0 Å². The molecule has 1 aromatic rings. The van der Waals surface area contributed by atoms with E-state index in [1.165, 1.54) is 12.1 Å². The molecule has 3 heteroatoms. The minimum absolute atomic E-state index is 0. The molecule has 0 heterocycles. The van der Waals surface area contributed by atoms with Gasteiger partial charge in [0, 0.05) is 14.0 Å². The second-order valence-electron chi connectivity index (χ2n) is 1.98. The van der Waals surface area contributed by atoms with Crippen LogP contribution < -0.4 is 5.73 Å². The Balaban J connectivity index is 0. The molecule has 0 atom stereocenters. The van der Waals surface area contributed by atoms with Crippen LogP contribution in [0.4, 0.5) is 8.78 Å². The third kappa shape index (κ3) is 3.44. The largest absolute Gasteiger partial charge is 0.326 e. The van der Waals surface area contributed by atoms with Crippen molar-refractivity contribution in [1.82, 2.24) is 0 Å². The van der Waals surface area contributed by atoms with Crippen molar-refractivity contribution in [1.29, 1.82) is 0 Å². The van der Waals surface area contributed by atoms with E-state index in [1.54, 1.807) is 0 Å². The van der Waals surface area contributed by atoms with Crippen LogP contribution in [0.25, 0.3) is 0 Å². The van der Waals surface area contributed by atoms with Crippen molar-refractivity contribution in [2.75, 3.05) is 0 Å². The van der Waals surface area contributed by atoms with E-state index in [9.17, 15) is 8.78 Å². The van der Waals surface area contributed by atoms with Crippen molar-refractivity contribution in [3.63, 3.8) is 0 Å². The molecule has 0 fully saturated rings. The summed E-state index contributed by atoms with van der Waals surface area (Å²) in [6.07, 6.45) is 0. The van der Waals surface area contributed by atoms with Gasteiger partial charge in [-0.25, -0.2) is 8.78 Å². The lowest BCUT2D eigenvalue weighted by atomic mass is 10.2. The maximum atomic E-state index is 12.3. The quantitative estimate of drug-likeness (QED) is 0.697. The molecule has 70 valence electrons. The van der Waals surface area contributed by atoms with Gasteiger partial charge in [0.05, 0.1) is 0 Å². The first-order valence-corrected chi connectivity index (χ1v) is 3.87. The monoisotopic (exact) mass is 175 g/mol. The number of hydrogen-bond donors (Lipinski definition) is 1. The summed E-state index contributed by atoms with van der Waals surface area (Å²) in [5.74, 6) is -1.17. The molecule has 0 aliphatic carbocycles. The molecule has 0 amide bonds. The first-order valence-electron chi connectivity index (χ1n) is 3.87. The Hall–Kier alpha value is -0.960. The molecular weight excluding hydrogens is 160 g/mol. The number of rotatable bonds is 1. The fourth-order valence-corrected chi connectivity index (χ4v) is 0.729. The summed E-state index contributed by atoms with van der Waals surface area (Å²) >= 11 is 0. The van der Waals surface area contributed by atoms with Crippen LogP contribution in [0.2, 0.25) is 0 Å². The molecule has 12 heavy (non-hydrogen) atoms. The van der Waals surface area contributed by atoms with Crippen molar-refractivity contribution < 1.29 is 10.2 Å². The van der Waals surface area contributed by atoms with Crippen LogP contribution in [0.15, 0.2) is 18.2 Å². The Kier molecular flexibility index (Phi) is 5.21. The number of benzene rings is 1. The first kappa shape index (κ1) is 11.0. The summed E-state index contributed by atoms with van der Waals surface area (Å²) < 4.78 is 24.6. The zero-order valence-corrected chi connectivity index (χ0v) is 7.27. The van der Waals surface area contributed by atoms with Gasteiger partial charge in [0.25, 0.3) is 0 Å². The molecule has 0 bridgehead atoms. The number of nitrogens with two attached hydrogens (primary N) is 1. The summed E-state index contributed by atoms with van der Waals surface area (Å²) in [6, 6.07) is 3.24. The minimum Gasteiger partial charge on any atom is -0.326 e. The Bertz CT molecular complexity index is 221. The Labute approximate surface area is 72.7 Å². The average molecular weight is 175 g/mol. The predicted octanol–water partition coefficient (Wildman–Crippen LogP) is 2.70. The van der Waals surface area contributed by atoms with Crippen molar-refractivity contribution in [2.45, 2.75) is 20.4 Å². The van der Waals surface area contributed by atoms with E-state index in [-0.39, 0.29) is 7.97 Å². The average Bonchev–Trinajstić information content (AvgIpc) is 2.06. The van der Waals surface area contributed by atoms with Gasteiger partial charge in [-0.2, -0.15) is 0 Å². The van der Waals surface area contributed by atoms with Gasteiger partial charge in [-0.15, -0.1) is 0 Å². The van der Waals surface area contributed by atoms with Crippen molar-refractivity contribution in [2.24, 2.45) is 5.73 Å². The highest BCUT2D eigenvalue weighted by Crippen LogP contribution is 2.06. The third-order valence-electron chi connectivity index (χ3n) is 1.16. The van der Waals surface area contributed by atoms with E-state index < -0.39 is 11.6 Å². The SMILES string of the molecule is CC.NCc1cc(F)cc(F)c1.[HH]. The molecule has 0 spiro atoms. The van der Waals surface area contributed by atoms with Crippen LogP contribution in [-0.4, -0.2) is 0 Å². The van der Waals surface area contributed by atoms with E-state index in [2.05, 4.69) is 0 Å². The van der Waals surface area contributed by atoms with Gasteiger partial charge >= 0.3 is 0 Å². The fourth-order valence-electron chi connectivity index (χ4n) is 0.729. The highest BCUT2D eigenvalue weighted by molar-refractivity contribution is 5.17. The molecular formula is C9H15F2N. The molecule has 1 rings (SSSR count). The summed E-state index contributed by atoms with van der Waals surface area (Å²) in [5, 5.41) is 0. The maximum Gasteiger partial charge on any atom is 0.126 e. The third-order valence-corrected chi connectivity index (χ3v) is 1.16. The van der Waals surface area contributed by atoms with Gasteiger partial charge in [-0.1, -0.05) is 13.8 Å². The van der Waals surface area contributed by atoms with Gasteiger partial charge in [0.15, 0.2) is 0 Å². The zero-order chi connectivity index (χ0) is 9.56. The molecule has 0 aliphatic heterocycles. The highest BCUT2D eigenvalue weighted by Gasteiger charge is 1.96. The first-order chi connectivity index (χ1) is 5.72. The van der Waals surface area contributed by atoms with Crippen LogP contribution in [-0.2, 0) is 6.54 Å². The molecule has 0 saturated carbocycles. The van der Waals surface area contributed by atoms with Crippen LogP contribution >= 0.6 is 0 Å². The molecule has 0 aliphatic rings. The fraction of sp³-hybridized carbons (Fsp3) is 0.333. The molecule has 0 radical (unpaired) electrons. The van der Waals surface area contributed by atoms with Crippen LogP contribution in [0.3, 0.4) is 0 Å². The van der Waals surface area contributed by atoms with E-state index in [0.717, 1.165) is 6.07 Å². The molecule has 1 nitrogen and oxygen atoms in total. The molecule has 0 unspecified atom stereocenters. The van der Waals surface area contributed by atoms with Gasteiger partial charge in [-0.05, 0) is 17.7 Å². The standard InChI is InChI=1S/C7H7F2N.C2H6.H2/c8-6-1-5(4-10)2-7(9)3-6;1-2;/h1-3H,4,10H2;1-2H3;1H. The smallest absolute Gasteiger partial charge is 0.126 e. The summed E-state index contributed by atoms with van der Waals surface area (Å²) in [7, 11) is 0. The summed E-state index contributed by atoms with van der Waals surface area (Å²) in [4.78, 5) is 0. The molecule has 1 aromatic carbocycles. The van der Waals surface area contributed by atoms with E-state index in [4.69, 9.17) is 5.73 Å². The van der Waals surface area contributed by atoms with Gasteiger partial charge in [0.2, 0.25) is 0 Å². The van der Waals surface area contributed by atoms with Gasteiger partial charge in [0.1, 0.15) is 11.6 Å². The van der Waals surface area contributed by atoms with Crippen molar-refractivity contribution >= 4 is 0 Å². The Morgan fingerprint density at radius 2 is 1.58 bits per heavy atom. The van der Waals surface area contributed by atoms with Crippen LogP contribution in [0.1, 0.15) is 20.8 Å². The maximum absolute atomic E-state index is 12.3. The number of hydrogen-bond acceptors (Lipinski definition) is 1. The summed E-state index contributed by atoms with van der Waals surface area (Å²) in [5.41, 5.74) is 5.62. The highest BCUT2D eigenvalue weighted by atomic mass is 19.1. The van der Waals surface area contributed by atoms with Crippen molar-refractivity contribution in [3.05, 3.63) is 35.4 Å². The Morgan fingerprint density at radius 1 is 1.17 bits per heavy atom. The van der Waals surface area contributed by atoms with E-state index >= 15 is 0 Å². The van der Waals surface area contributed by atoms with Crippen LogP contribution in [0.5, 0.6) is 0 Å². The molecule has 0 aromatic heterocycles. The van der Waals surface area contributed by atoms with Crippen LogP contribution in [0, 0.1) is 11.6 Å². The minimum atomic E-state index is -0.583. The zero-order valence-electron chi connectivity index (χ0n) is 7.27. The van der Waals surface area contributed by atoms with Gasteiger partial charge < -0.3 is 5.73 Å². The predicted molar refractivity (Wildman–Crippen MR) is 47.7 cm³/mol.